The van der Waals surface area contributed by atoms with Crippen LogP contribution in [0.5, 0.6) is 0 Å². The van der Waals surface area contributed by atoms with Crippen LogP contribution in [0.2, 0.25) is 0 Å². The molecule has 1 rings (SSSR count). The van der Waals surface area contributed by atoms with Crippen LogP contribution in [0.1, 0.15) is 5.69 Å². The molecule has 0 unspecified atom stereocenters. The van der Waals surface area contributed by atoms with Crippen LogP contribution in [0.4, 0.5) is 0 Å². The predicted molar refractivity (Wildman–Crippen MR) is 35.3 cm³/mol. The van der Waals surface area contributed by atoms with Crippen LogP contribution in [-0.2, 0) is 11.3 Å². The molecule has 0 aliphatic heterocycles. The highest BCUT2D eigenvalue weighted by Crippen LogP contribution is 1.92. The quantitative estimate of drug-likeness (QED) is 0.578. The van der Waals surface area contributed by atoms with Crippen molar-refractivity contribution in [3.8, 4) is 0 Å². The van der Waals surface area contributed by atoms with Crippen molar-refractivity contribution in [2.75, 3.05) is 13.2 Å². The molecule has 0 fully saturated rings. The Bertz CT molecular complexity index is 162. The fourth-order valence-corrected chi connectivity index (χ4v) is 0.612. The van der Waals surface area contributed by atoms with Gasteiger partial charge in [-0.25, -0.2) is 0 Å². The number of nitrogens with zero attached hydrogens (tertiary/aromatic N) is 1. The van der Waals surface area contributed by atoms with Gasteiger partial charge in [0.1, 0.15) is 0 Å². The van der Waals surface area contributed by atoms with Gasteiger partial charge in [-0.15, -0.1) is 0 Å². The normalized spacial score (nSPS) is 10.1. The van der Waals surface area contributed by atoms with E-state index in [4.69, 9.17) is 9.84 Å². The Morgan fingerprint density at radius 2 is 2.60 bits per heavy atom. The van der Waals surface area contributed by atoms with Crippen molar-refractivity contribution in [2.45, 2.75) is 6.61 Å². The van der Waals surface area contributed by atoms with Crippen molar-refractivity contribution in [1.29, 1.82) is 0 Å². The Morgan fingerprint density at radius 3 is 3.20 bits per heavy atom. The third kappa shape index (κ3) is 2.16. The summed E-state index contributed by atoms with van der Waals surface area (Å²) in [4.78, 5) is 0. The molecule has 2 N–H and O–H groups in total. The molecular formula is C6H10N2O2. The van der Waals surface area contributed by atoms with Crippen LogP contribution in [0.15, 0.2) is 12.3 Å². The van der Waals surface area contributed by atoms with Crippen LogP contribution in [0, 0.1) is 0 Å². The van der Waals surface area contributed by atoms with Crippen LogP contribution in [0.3, 0.4) is 0 Å². The summed E-state index contributed by atoms with van der Waals surface area (Å²) in [6.07, 6.45) is 1.66. The third-order valence-corrected chi connectivity index (χ3v) is 1.05. The number of aromatic nitrogens is 2. The number of hydrogen-bond donors (Lipinski definition) is 2. The second-order valence-electron chi connectivity index (χ2n) is 1.86. The number of rotatable bonds is 4. The summed E-state index contributed by atoms with van der Waals surface area (Å²) >= 11 is 0. The number of aromatic amines is 1. The topological polar surface area (TPSA) is 58.1 Å². The number of ether oxygens (including phenoxy) is 1. The van der Waals surface area contributed by atoms with Gasteiger partial charge in [0.15, 0.2) is 0 Å². The van der Waals surface area contributed by atoms with Crippen molar-refractivity contribution in [3.05, 3.63) is 18.0 Å². The molecule has 4 nitrogen and oxygen atoms in total. The zero-order valence-electron chi connectivity index (χ0n) is 5.58. The average molecular weight is 142 g/mol. The van der Waals surface area contributed by atoms with Crippen molar-refractivity contribution in [2.24, 2.45) is 0 Å². The molecule has 0 atom stereocenters. The first kappa shape index (κ1) is 7.24. The molecule has 0 spiro atoms. The minimum Gasteiger partial charge on any atom is -0.394 e. The first-order valence-corrected chi connectivity index (χ1v) is 3.10. The lowest BCUT2D eigenvalue weighted by molar-refractivity contribution is 0.0797. The van der Waals surface area contributed by atoms with Gasteiger partial charge < -0.3 is 9.84 Å². The summed E-state index contributed by atoms with van der Waals surface area (Å²) in [5, 5.41) is 14.8. The van der Waals surface area contributed by atoms with Crippen molar-refractivity contribution >= 4 is 0 Å². The fraction of sp³-hybridized carbons (Fsp3) is 0.500. The van der Waals surface area contributed by atoms with Gasteiger partial charge in [0, 0.05) is 6.20 Å². The minimum atomic E-state index is 0.0636. The van der Waals surface area contributed by atoms with Crippen LogP contribution in [-0.4, -0.2) is 28.5 Å². The molecule has 1 aromatic rings. The zero-order valence-corrected chi connectivity index (χ0v) is 5.58. The molecule has 4 heteroatoms. The Morgan fingerprint density at radius 1 is 1.70 bits per heavy atom. The third-order valence-electron chi connectivity index (χ3n) is 1.05. The average Bonchev–Trinajstić information content (AvgIpc) is 2.41. The Balaban J connectivity index is 2.15. The summed E-state index contributed by atoms with van der Waals surface area (Å²) in [5.41, 5.74) is 0.924. The highest BCUT2D eigenvalue weighted by Gasteiger charge is 1.91. The van der Waals surface area contributed by atoms with E-state index in [9.17, 15) is 0 Å². The lowest BCUT2D eigenvalue weighted by Crippen LogP contribution is -1.99. The van der Waals surface area contributed by atoms with Crippen LogP contribution in [0.25, 0.3) is 0 Å². The second kappa shape index (κ2) is 4.03. The first-order valence-electron chi connectivity index (χ1n) is 3.10. The number of nitrogens with one attached hydrogen (secondary N) is 1. The molecule has 1 aromatic heterocycles. The molecular weight excluding hydrogens is 132 g/mol. The molecule has 10 heavy (non-hydrogen) atoms. The number of aliphatic hydroxyl groups is 1. The molecule has 0 aliphatic rings. The van der Waals surface area contributed by atoms with Gasteiger partial charge >= 0.3 is 0 Å². The van der Waals surface area contributed by atoms with E-state index >= 15 is 0 Å². The summed E-state index contributed by atoms with van der Waals surface area (Å²) in [6, 6.07) is 1.83. The first-order chi connectivity index (χ1) is 4.93. The SMILES string of the molecule is OCCOCc1ccn[nH]1. The molecule has 0 radical (unpaired) electrons. The Kier molecular flexibility index (Phi) is 2.92. The van der Waals surface area contributed by atoms with Gasteiger partial charge in [0.05, 0.1) is 25.5 Å². The maximum absolute atomic E-state index is 8.34. The van der Waals surface area contributed by atoms with E-state index in [1.54, 1.807) is 6.20 Å². The number of H-pyrrole nitrogens is 1. The van der Waals surface area contributed by atoms with E-state index in [-0.39, 0.29) is 6.61 Å². The molecule has 0 aromatic carbocycles. The lowest BCUT2D eigenvalue weighted by atomic mass is 10.5. The van der Waals surface area contributed by atoms with Crippen molar-refractivity contribution < 1.29 is 9.84 Å². The highest BCUT2D eigenvalue weighted by molar-refractivity contribution is 4.94. The van der Waals surface area contributed by atoms with E-state index in [1.165, 1.54) is 0 Å². The number of hydrogen-bond acceptors (Lipinski definition) is 3. The molecule has 0 aliphatic carbocycles. The molecule has 0 bridgehead atoms. The molecule has 0 saturated carbocycles. The summed E-state index contributed by atoms with van der Waals surface area (Å²) in [5.74, 6) is 0. The molecule has 0 saturated heterocycles. The fourth-order valence-electron chi connectivity index (χ4n) is 0.612. The van der Waals surface area contributed by atoms with E-state index in [0.717, 1.165) is 5.69 Å². The maximum Gasteiger partial charge on any atom is 0.0883 e. The Labute approximate surface area is 58.8 Å². The molecule has 1 heterocycles. The van der Waals surface area contributed by atoms with Crippen LogP contribution < -0.4 is 0 Å². The Hall–Kier alpha value is -0.870. The van der Waals surface area contributed by atoms with Gasteiger partial charge in [0.25, 0.3) is 0 Å². The predicted octanol–water partition coefficient (Wildman–Crippen LogP) is -0.0814. The van der Waals surface area contributed by atoms with E-state index in [2.05, 4.69) is 10.2 Å². The number of aliphatic hydroxyl groups excluding tert-OH is 1. The van der Waals surface area contributed by atoms with E-state index in [0.29, 0.717) is 13.2 Å². The van der Waals surface area contributed by atoms with Gasteiger partial charge in [-0.2, -0.15) is 5.10 Å². The summed E-state index contributed by atoms with van der Waals surface area (Å²) < 4.78 is 5.01. The van der Waals surface area contributed by atoms with E-state index < -0.39 is 0 Å². The summed E-state index contributed by atoms with van der Waals surface area (Å²) in [6.45, 7) is 0.924. The molecule has 0 amide bonds. The van der Waals surface area contributed by atoms with Crippen LogP contribution >= 0.6 is 0 Å². The van der Waals surface area contributed by atoms with Gasteiger partial charge in [0.2, 0.25) is 0 Å². The van der Waals surface area contributed by atoms with E-state index in [1.807, 2.05) is 6.07 Å². The maximum atomic E-state index is 8.34. The highest BCUT2D eigenvalue weighted by atomic mass is 16.5. The largest absolute Gasteiger partial charge is 0.394 e. The van der Waals surface area contributed by atoms with Gasteiger partial charge in [-0.05, 0) is 6.07 Å². The smallest absolute Gasteiger partial charge is 0.0883 e. The standard InChI is InChI=1S/C6H10N2O2/c9-3-4-10-5-6-1-2-7-8-6/h1-2,9H,3-5H2,(H,7,8). The second-order valence-corrected chi connectivity index (χ2v) is 1.86. The molecule has 56 valence electrons. The monoisotopic (exact) mass is 142 g/mol. The minimum absolute atomic E-state index is 0.0636. The van der Waals surface area contributed by atoms with Crippen molar-refractivity contribution in [3.63, 3.8) is 0 Å². The van der Waals surface area contributed by atoms with Gasteiger partial charge in [-0.3, -0.25) is 5.10 Å². The van der Waals surface area contributed by atoms with Crippen molar-refractivity contribution in [1.82, 2.24) is 10.2 Å². The lowest BCUT2D eigenvalue weighted by Gasteiger charge is -1.97. The summed E-state index contributed by atoms with van der Waals surface area (Å²) in [7, 11) is 0. The van der Waals surface area contributed by atoms with Gasteiger partial charge in [-0.1, -0.05) is 0 Å². The zero-order chi connectivity index (χ0) is 7.23.